The van der Waals surface area contributed by atoms with E-state index in [0.717, 1.165) is 16.8 Å². The van der Waals surface area contributed by atoms with Crippen LogP contribution in [0.15, 0.2) is 0 Å². The van der Waals surface area contributed by atoms with Crippen molar-refractivity contribution < 1.29 is 38.0 Å². The average Bonchev–Trinajstić information content (AvgIpc) is 3.13. The first-order valence-corrected chi connectivity index (χ1v) is 14.3. The van der Waals surface area contributed by atoms with Gasteiger partial charge in [0.2, 0.25) is 0 Å². The number of halogens is 1. The molecule has 0 aromatic heterocycles. The van der Waals surface area contributed by atoms with Crippen molar-refractivity contribution in [2.24, 2.45) is 0 Å². The van der Waals surface area contributed by atoms with E-state index in [1.807, 2.05) is 11.8 Å². The number of ether oxygens (including phenoxy) is 1. The Balaban J connectivity index is 0.00000900. The summed E-state index contributed by atoms with van der Waals surface area (Å²) < 4.78 is 6.71. The zero-order chi connectivity index (χ0) is 21.9. The van der Waals surface area contributed by atoms with Crippen LogP contribution in [0.1, 0.15) is 117 Å². The number of esters is 1. The van der Waals surface area contributed by atoms with Crippen LogP contribution >= 0.6 is 11.8 Å². The molecular weight excluding hydrogens is 517 g/mol. The van der Waals surface area contributed by atoms with E-state index >= 15 is 0 Å². The fourth-order valence-corrected chi connectivity index (χ4v) is 5.76. The number of likely N-dealkylation sites (tertiary alicyclic amines) is 1. The lowest BCUT2D eigenvalue weighted by Gasteiger charge is -2.32. The van der Waals surface area contributed by atoms with Crippen molar-refractivity contribution in [1.29, 1.82) is 0 Å². The third kappa shape index (κ3) is 18.6. The fraction of sp³-hybridized carbons (Fsp3) is 0.962. The molecule has 0 bridgehead atoms. The van der Waals surface area contributed by atoms with Crippen molar-refractivity contribution in [3.8, 4) is 0 Å². The van der Waals surface area contributed by atoms with Crippen LogP contribution in [0.2, 0.25) is 0 Å². The Morgan fingerprint density at radius 2 is 1.29 bits per heavy atom. The van der Waals surface area contributed by atoms with Crippen molar-refractivity contribution >= 4 is 17.7 Å². The highest BCUT2D eigenvalue weighted by atomic mass is 127. The van der Waals surface area contributed by atoms with Gasteiger partial charge in [-0.1, -0.05) is 90.4 Å². The number of unbranched alkanes of at least 4 members (excludes halogenated alkanes) is 13. The van der Waals surface area contributed by atoms with Gasteiger partial charge in [-0.2, -0.15) is 11.8 Å². The molecule has 31 heavy (non-hydrogen) atoms. The molecule has 1 unspecified atom stereocenters. The van der Waals surface area contributed by atoms with Crippen molar-refractivity contribution in [2.45, 2.75) is 123 Å². The monoisotopic (exact) mass is 569 g/mol. The summed E-state index contributed by atoms with van der Waals surface area (Å²) in [5, 5.41) is 0. The smallest absolute Gasteiger partial charge is 0.303 e. The van der Waals surface area contributed by atoms with Crippen LogP contribution in [0, 0.1) is 0 Å². The molecule has 1 heterocycles. The molecule has 0 spiro atoms. The van der Waals surface area contributed by atoms with Crippen LogP contribution in [-0.4, -0.2) is 54.7 Å². The topological polar surface area (TPSA) is 26.3 Å². The molecule has 1 aliphatic rings. The molecule has 1 aliphatic heterocycles. The van der Waals surface area contributed by atoms with Gasteiger partial charge in [0, 0.05) is 25.5 Å². The second-order valence-corrected chi connectivity index (χ2v) is 11.0. The number of likely N-dealkylation sites (N-methyl/N-ethyl adjacent to an activating group) is 1. The maximum Gasteiger partial charge on any atom is 0.303 e. The number of carbonyl (C=O) groups is 1. The van der Waals surface area contributed by atoms with Crippen LogP contribution in [0.3, 0.4) is 0 Å². The minimum absolute atomic E-state index is 0. The van der Waals surface area contributed by atoms with Crippen LogP contribution in [-0.2, 0) is 9.53 Å². The molecule has 0 aliphatic carbocycles. The SMILES string of the molecule is CCCCCCCCCCCCCCCCSCC(C[N+]1(C)CCCC1)OC(C)=O.[I-]. The lowest BCUT2D eigenvalue weighted by atomic mass is 10.0. The van der Waals surface area contributed by atoms with E-state index in [9.17, 15) is 4.79 Å². The molecule has 0 amide bonds. The van der Waals surface area contributed by atoms with E-state index < -0.39 is 0 Å². The van der Waals surface area contributed by atoms with Crippen LogP contribution in [0.5, 0.6) is 0 Å². The molecule has 0 saturated carbocycles. The number of rotatable bonds is 20. The van der Waals surface area contributed by atoms with Gasteiger partial charge in [0.1, 0.15) is 6.54 Å². The summed E-state index contributed by atoms with van der Waals surface area (Å²) in [5.74, 6) is 2.05. The van der Waals surface area contributed by atoms with E-state index in [4.69, 9.17) is 4.74 Å². The Morgan fingerprint density at radius 3 is 1.74 bits per heavy atom. The molecule has 0 aromatic carbocycles. The van der Waals surface area contributed by atoms with Crippen LogP contribution in [0.4, 0.5) is 0 Å². The number of nitrogens with zero attached hydrogens (tertiary/aromatic N) is 1. The largest absolute Gasteiger partial charge is 1.00 e. The molecule has 0 aromatic rings. The number of hydrogen-bond acceptors (Lipinski definition) is 3. The lowest BCUT2D eigenvalue weighted by Crippen LogP contribution is -3.00. The molecule has 1 atom stereocenters. The van der Waals surface area contributed by atoms with Crippen molar-refractivity contribution in [3.63, 3.8) is 0 Å². The Morgan fingerprint density at radius 1 is 0.839 bits per heavy atom. The summed E-state index contributed by atoms with van der Waals surface area (Å²) in [6.07, 6.45) is 22.5. The molecule has 1 saturated heterocycles. The fourth-order valence-electron chi connectivity index (χ4n) is 4.75. The summed E-state index contributed by atoms with van der Waals surface area (Å²) in [6.45, 7) is 7.31. The number of quaternary nitrogens is 1. The Bertz CT molecular complexity index is 416. The number of hydrogen-bond donors (Lipinski definition) is 0. The Labute approximate surface area is 215 Å². The van der Waals surface area contributed by atoms with Crippen molar-refractivity contribution in [2.75, 3.05) is 38.2 Å². The molecule has 1 fully saturated rings. The highest BCUT2D eigenvalue weighted by Gasteiger charge is 2.31. The average molecular weight is 570 g/mol. The van der Waals surface area contributed by atoms with Gasteiger partial charge in [0.25, 0.3) is 0 Å². The second-order valence-electron chi connectivity index (χ2n) is 9.86. The molecule has 186 valence electrons. The van der Waals surface area contributed by atoms with Gasteiger partial charge in [0.05, 0.1) is 20.1 Å². The second kappa shape index (κ2) is 21.1. The molecule has 1 rings (SSSR count). The third-order valence-corrected chi connectivity index (χ3v) is 7.75. The lowest BCUT2D eigenvalue weighted by molar-refractivity contribution is -0.900. The van der Waals surface area contributed by atoms with E-state index in [1.54, 1.807) is 6.92 Å². The zero-order valence-corrected chi connectivity index (χ0v) is 24.0. The summed E-state index contributed by atoms with van der Waals surface area (Å²) >= 11 is 1.98. The van der Waals surface area contributed by atoms with Gasteiger partial charge in [-0.15, -0.1) is 0 Å². The third-order valence-electron chi connectivity index (χ3n) is 6.57. The van der Waals surface area contributed by atoms with E-state index in [2.05, 4.69) is 14.0 Å². The minimum Gasteiger partial charge on any atom is -1.00 e. The van der Waals surface area contributed by atoms with Gasteiger partial charge in [-0.05, 0) is 12.2 Å². The first-order valence-electron chi connectivity index (χ1n) is 13.1. The summed E-state index contributed by atoms with van der Waals surface area (Å²) in [4.78, 5) is 11.5. The molecule has 0 N–H and O–H groups in total. The molecular formula is C26H52INO2S. The van der Waals surface area contributed by atoms with Gasteiger partial charge >= 0.3 is 5.97 Å². The quantitative estimate of drug-likeness (QED) is 0.0943. The molecule has 3 nitrogen and oxygen atoms in total. The van der Waals surface area contributed by atoms with Gasteiger partial charge < -0.3 is 33.2 Å². The number of carbonyl (C=O) groups excluding carboxylic acids is 1. The summed E-state index contributed by atoms with van der Waals surface area (Å²) in [7, 11) is 2.32. The zero-order valence-electron chi connectivity index (χ0n) is 21.0. The van der Waals surface area contributed by atoms with Crippen molar-refractivity contribution in [1.82, 2.24) is 0 Å². The predicted molar refractivity (Wildman–Crippen MR) is 133 cm³/mol. The van der Waals surface area contributed by atoms with Gasteiger partial charge in [-0.3, -0.25) is 4.79 Å². The molecule has 5 heteroatoms. The standard InChI is InChI=1S/C26H52NO2S.HI/c1-4-5-6-7-8-9-10-11-12-13-14-15-16-19-22-30-24-26(29-25(2)28)23-27(3)20-17-18-21-27;/h26H,4-24H2,1-3H3;1H/q+1;/p-1. The Kier molecular flexibility index (Phi) is 21.4. The maximum atomic E-state index is 11.5. The highest BCUT2D eigenvalue weighted by Crippen LogP contribution is 2.20. The van der Waals surface area contributed by atoms with E-state index in [1.165, 1.54) is 122 Å². The summed E-state index contributed by atoms with van der Waals surface area (Å²) in [6, 6.07) is 0. The van der Waals surface area contributed by atoms with Gasteiger partial charge in [0.15, 0.2) is 6.10 Å². The summed E-state index contributed by atoms with van der Waals surface area (Å²) in [5.41, 5.74) is 0. The van der Waals surface area contributed by atoms with Crippen LogP contribution in [0.25, 0.3) is 0 Å². The minimum atomic E-state index is -0.122. The van der Waals surface area contributed by atoms with Gasteiger partial charge in [-0.25, -0.2) is 0 Å². The van der Waals surface area contributed by atoms with Crippen molar-refractivity contribution in [3.05, 3.63) is 0 Å². The van der Waals surface area contributed by atoms with E-state index in [0.29, 0.717) is 0 Å². The first-order chi connectivity index (χ1) is 14.6. The predicted octanol–water partition coefficient (Wildman–Crippen LogP) is 4.38. The maximum absolute atomic E-state index is 11.5. The normalized spacial score (nSPS) is 16.1. The highest BCUT2D eigenvalue weighted by molar-refractivity contribution is 7.99. The first kappa shape index (κ1) is 31.5. The Hall–Kier alpha value is 0.510. The van der Waals surface area contributed by atoms with E-state index in [-0.39, 0.29) is 36.0 Å². The van der Waals surface area contributed by atoms with Crippen LogP contribution < -0.4 is 24.0 Å². The number of thioether (sulfide) groups is 1. The molecule has 0 radical (unpaired) electrons.